The summed E-state index contributed by atoms with van der Waals surface area (Å²) in [5.74, 6) is 1.27. The summed E-state index contributed by atoms with van der Waals surface area (Å²) < 4.78 is 6.45. The summed E-state index contributed by atoms with van der Waals surface area (Å²) in [6.45, 7) is 0. The summed E-state index contributed by atoms with van der Waals surface area (Å²) in [5.41, 5.74) is 0. The average Bonchev–Trinajstić information content (AvgIpc) is 2.41. The molecule has 4 heteroatoms. The quantitative estimate of drug-likeness (QED) is 0.712. The van der Waals surface area contributed by atoms with E-state index in [0.29, 0.717) is 5.88 Å². The summed E-state index contributed by atoms with van der Waals surface area (Å²) in [6, 6.07) is 14.1. The van der Waals surface area contributed by atoms with Gasteiger partial charge in [0.25, 0.3) is 0 Å². The molecule has 0 spiro atoms. The molecule has 0 unspecified atom stereocenters. The third kappa shape index (κ3) is 2.19. The minimum atomic E-state index is 0.514. The Morgan fingerprint density at radius 2 is 1.83 bits per heavy atom. The van der Waals surface area contributed by atoms with Crippen molar-refractivity contribution in [1.29, 1.82) is 0 Å². The lowest BCUT2D eigenvalue weighted by Gasteiger charge is -2.06. The first-order valence-electron chi connectivity index (χ1n) is 5.45. The smallest absolute Gasteiger partial charge is 0.236 e. The zero-order valence-electron chi connectivity index (χ0n) is 9.38. The zero-order chi connectivity index (χ0) is 12.4. The molecule has 88 valence electrons. The van der Waals surface area contributed by atoms with Crippen LogP contribution in [-0.2, 0) is 0 Å². The Morgan fingerprint density at radius 1 is 1.00 bits per heavy atom. The van der Waals surface area contributed by atoms with Crippen molar-refractivity contribution in [2.24, 2.45) is 0 Å². The molecule has 18 heavy (non-hydrogen) atoms. The summed E-state index contributed by atoms with van der Waals surface area (Å²) in [5, 5.41) is 2.33. The van der Waals surface area contributed by atoms with Gasteiger partial charge < -0.3 is 4.74 Å². The van der Waals surface area contributed by atoms with Crippen molar-refractivity contribution in [2.45, 2.75) is 0 Å². The molecule has 3 rings (SSSR count). The number of rotatable bonds is 2. The number of nitrogens with zero attached hydrogens (tertiary/aromatic N) is 2. The van der Waals surface area contributed by atoms with Crippen LogP contribution in [-0.4, -0.2) is 9.97 Å². The van der Waals surface area contributed by atoms with Crippen molar-refractivity contribution < 1.29 is 4.74 Å². The van der Waals surface area contributed by atoms with Gasteiger partial charge in [-0.1, -0.05) is 30.3 Å². The molecule has 0 aliphatic heterocycles. The predicted molar refractivity (Wildman–Crippen MR) is 73.8 cm³/mol. The van der Waals surface area contributed by atoms with Gasteiger partial charge in [0.05, 0.1) is 4.47 Å². The fraction of sp³-hybridized carbons (Fsp3) is 0. The highest BCUT2D eigenvalue weighted by atomic mass is 79.9. The van der Waals surface area contributed by atoms with Gasteiger partial charge in [-0.2, -0.15) is 0 Å². The first-order valence-corrected chi connectivity index (χ1v) is 6.24. The van der Waals surface area contributed by atoms with Gasteiger partial charge in [-0.15, -0.1) is 0 Å². The summed E-state index contributed by atoms with van der Waals surface area (Å²) in [6.07, 6.45) is 3.12. The third-order valence-corrected chi connectivity index (χ3v) is 3.11. The number of aromatic nitrogens is 2. The second-order valence-electron chi connectivity index (χ2n) is 3.79. The largest absolute Gasteiger partial charge is 0.438 e. The Kier molecular flexibility index (Phi) is 2.94. The lowest BCUT2D eigenvalue weighted by Crippen LogP contribution is -1.89. The number of hydrogen-bond donors (Lipinski definition) is 0. The second-order valence-corrected chi connectivity index (χ2v) is 4.64. The van der Waals surface area contributed by atoms with E-state index in [9.17, 15) is 0 Å². The maximum atomic E-state index is 5.72. The number of fused-ring (bicyclic) bond motifs is 1. The first kappa shape index (κ1) is 11.2. The highest BCUT2D eigenvalue weighted by Gasteiger charge is 2.04. The fourth-order valence-electron chi connectivity index (χ4n) is 1.72. The average molecular weight is 301 g/mol. The summed E-state index contributed by atoms with van der Waals surface area (Å²) in [7, 11) is 0. The van der Waals surface area contributed by atoms with Crippen LogP contribution < -0.4 is 4.74 Å². The lowest BCUT2D eigenvalue weighted by atomic mass is 10.1. The SMILES string of the molecule is Brc1cncnc1Oc1ccc2ccccc2c1. The number of hydrogen-bond acceptors (Lipinski definition) is 3. The minimum Gasteiger partial charge on any atom is -0.438 e. The van der Waals surface area contributed by atoms with E-state index < -0.39 is 0 Å². The summed E-state index contributed by atoms with van der Waals surface area (Å²) >= 11 is 3.35. The molecule has 3 aromatic rings. The second kappa shape index (κ2) is 4.74. The molecule has 0 saturated carbocycles. The van der Waals surface area contributed by atoms with Gasteiger partial charge in [0.15, 0.2) is 0 Å². The van der Waals surface area contributed by atoms with Gasteiger partial charge in [-0.05, 0) is 38.8 Å². The molecule has 0 fully saturated rings. The maximum absolute atomic E-state index is 5.72. The predicted octanol–water partition coefficient (Wildman–Crippen LogP) is 4.18. The lowest BCUT2D eigenvalue weighted by molar-refractivity contribution is 0.458. The van der Waals surface area contributed by atoms with Gasteiger partial charge in [0.2, 0.25) is 5.88 Å². The van der Waals surface area contributed by atoms with Crippen LogP contribution in [0.1, 0.15) is 0 Å². The Balaban J connectivity index is 1.98. The molecule has 0 atom stereocenters. The molecule has 1 heterocycles. The molecule has 0 bridgehead atoms. The standard InChI is InChI=1S/C14H9BrN2O/c15-13-8-16-9-17-14(13)18-12-6-5-10-3-1-2-4-11(10)7-12/h1-9H. The Morgan fingerprint density at radius 3 is 2.67 bits per heavy atom. The highest BCUT2D eigenvalue weighted by Crippen LogP contribution is 2.28. The van der Waals surface area contributed by atoms with Crippen LogP contribution in [0.25, 0.3) is 10.8 Å². The van der Waals surface area contributed by atoms with Crippen molar-refractivity contribution in [3.8, 4) is 11.6 Å². The monoisotopic (exact) mass is 300 g/mol. The molecule has 3 nitrogen and oxygen atoms in total. The van der Waals surface area contributed by atoms with Crippen LogP contribution in [0.3, 0.4) is 0 Å². The van der Waals surface area contributed by atoms with E-state index >= 15 is 0 Å². The maximum Gasteiger partial charge on any atom is 0.236 e. The zero-order valence-corrected chi connectivity index (χ0v) is 11.0. The van der Waals surface area contributed by atoms with E-state index in [1.54, 1.807) is 6.20 Å². The Bertz CT molecular complexity index is 700. The molecule has 0 aliphatic rings. The van der Waals surface area contributed by atoms with Gasteiger partial charge in [0, 0.05) is 6.20 Å². The van der Waals surface area contributed by atoms with Crippen LogP contribution in [0.15, 0.2) is 59.5 Å². The van der Waals surface area contributed by atoms with E-state index in [4.69, 9.17) is 4.74 Å². The van der Waals surface area contributed by atoms with E-state index in [2.05, 4.69) is 38.0 Å². The third-order valence-electron chi connectivity index (χ3n) is 2.57. The van der Waals surface area contributed by atoms with Gasteiger partial charge in [-0.25, -0.2) is 9.97 Å². The van der Waals surface area contributed by atoms with E-state index in [-0.39, 0.29) is 0 Å². The van der Waals surface area contributed by atoms with Gasteiger partial charge in [-0.3, -0.25) is 0 Å². The van der Waals surface area contributed by atoms with E-state index in [0.717, 1.165) is 15.6 Å². The Labute approximate surface area is 113 Å². The first-order chi connectivity index (χ1) is 8.83. The molecule has 0 N–H and O–H groups in total. The molecule has 0 amide bonds. The van der Waals surface area contributed by atoms with Crippen LogP contribution >= 0.6 is 15.9 Å². The fourth-order valence-corrected chi connectivity index (χ4v) is 2.02. The van der Waals surface area contributed by atoms with E-state index in [1.807, 2.05) is 30.3 Å². The van der Waals surface area contributed by atoms with Crippen molar-refractivity contribution >= 4 is 26.7 Å². The minimum absolute atomic E-state index is 0.514. The van der Waals surface area contributed by atoms with Crippen molar-refractivity contribution in [2.75, 3.05) is 0 Å². The molecule has 0 saturated heterocycles. The van der Waals surface area contributed by atoms with Crippen LogP contribution in [0.2, 0.25) is 0 Å². The summed E-state index contributed by atoms with van der Waals surface area (Å²) in [4.78, 5) is 7.97. The number of benzene rings is 2. The molecule has 2 aromatic carbocycles. The van der Waals surface area contributed by atoms with Gasteiger partial charge in [0.1, 0.15) is 12.1 Å². The number of ether oxygens (including phenoxy) is 1. The molecule has 1 aromatic heterocycles. The van der Waals surface area contributed by atoms with Crippen LogP contribution in [0.4, 0.5) is 0 Å². The van der Waals surface area contributed by atoms with Gasteiger partial charge >= 0.3 is 0 Å². The topological polar surface area (TPSA) is 35.0 Å². The molecular weight excluding hydrogens is 292 g/mol. The molecule has 0 aliphatic carbocycles. The van der Waals surface area contributed by atoms with E-state index in [1.165, 1.54) is 11.7 Å². The van der Waals surface area contributed by atoms with Crippen molar-refractivity contribution in [3.05, 3.63) is 59.5 Å². The van der Waals surface area contributed by atoms with Crippen molar-refractivity contribution in [1.82, 2.24) is 9.97 Å². The molecule has 0 radical (unpaired) electrons. The highest BCUT2D eigenvalue weighted by molar-refractivity contribution is 9.10. The Hall–Kier alpha value is -1.94. The van der Waals surface area contributed by atoms with Crippen LogP contribution in [0, 0.1) is 0 Å². The molecular formula is C14H9BrN2O. The van der Waals surface area contributed by atoms with Crippen molar-refractivity contribution in [3.63, 3.8) is 0 Å². The number of halogens is 1. The normalized spacial score (nSPS) is 10.5. The van der Waals surface area contributed by atoms with Crippen LogP contribution in [0.5, 0.6) is 11.6 Å².